The number of fused-ring (bicyclic) bond motifs is 1. The third-order valence-corrected chi connectivity index (χ3v) is 4.97. The van der Waals surface area contributed by atoms with Gasteiger partial charge in [0.1, 0.15) is 24.3 Å². The Morgan fingerprint density at radius 1 is 1.39 bits per heavy atom. The molecular formula is C19H25BrN7O+. The van der Waals surface area contributed by atoms with Crippen LogP contribution in [0.2, 0.25) is 0 Å². The number of carbonyl (C=O) groups excluding carboxylic acids is 1. The van der Waals surface area contributed by atoms with Crippen molar-refractivity contribution in [3.05, 3.63) is 39.5 Å². The summed E-state index contributed by atoms with van der Waals surface area (Å²) >= 11 is 3.48. The lowest BCUT2D eigenvalue weighted by molar-refractivity contribution is -0.413. The van der Waals surface area contributed by atoms with Gasteiger partial charge >= 0.3 is 0 Å². The number of halogens is 1. The van der Waals surface area contributed by atoms with Gasteiger partial charge in [-0.1, -0.05) is 15.9 Å². The lowest BCUT2D eigenvalue weighted by Crippen LogP contribution is -2.63. The van der Waals surface area contributed by atoms with Gasteiger partial charge in [0, 0.05) is 16.7 Å². The first-order valence-corrected chi connectivity index (χ1v) is 9.86. The van der Waals surface area contributed by atoms with Crippen molar-refractivity contribution in [1.29, 1.82) is 0 Å². The van der Waals surface area contributed by atoms with Crippen molar-refractivity contribution in [2.45, 2.75) is 12.3 Å². The van der Waals surface area contributed by atoms with E-state index in [4.69, 9.17) is 5.73 Å². The first kappa shape index (κ1) is 20.2. The Morgan fingerprint density at radius 2 is 2.18 bits per heavy atom. The Labute approximate surface area is 172 Å². The fourth-order valence-electron chi connectivity index (χ4n) is 3.20. The zero-order valence-electron chi connectivity index (χ0n) is 16.2. The molecule has 8 nitrogen and oxygen atoms in total. The van der Waals surface area contributed by atoms with Gasteiger partial charge in [0.15, 0.2) is 6.21 Å². The maximum atomic E-state index is 12.8. The fraction of sp³-hybridized carbons (Fsp3) is 0.368. The van der Waals surface area contributed by atoms with Crippen molar-refractivity contribution in [2.75, 3.05) is 50.6 Å². The average Bonchev–Trinajstić information content (AvgIpc) is 2.95. The summed E-state index contributed by atoms with van der Waals surface area (Å²) in [5.74, 6) is 0.0664. The van der Waals surface area contributed by atoms with E-state index >= 15 is 0 Å². The SMILES string of the molecule is C[NH+]=Cc1c(N)nc(NCCCN(C)C)nc1C1C(=O)Nc2ccc(Br)cc21. The van der Waals surface area contributed by atoms with Gasteiger partial charge in [0.05, 0.1) is 5.69 Å². The molecule has 0 saturated carbocycles. The normalized spacial score (nSPS) is 15.9. The number of carbonyl (C=O) groups is 1. The van der Waals surface area contributed by atoms with Crippen molar-refractivity contribution in [3.8, 4) is 0 Å². The van der Waals surface area contributed by atoms with Gasteiger partial charge in [-0.3, -0.25) is 9.79 Å². The Morgan fingerprint density at radius 3 is 2.89 bits per heavy atom. The van der Waals surface area contributed by atoms with E-state index in [1.165, 1.54) is 0 Å². The molecule has 3 rings (SSSR count). The molecule has 148 valence electrons. The van der Waals surface area contributed by atoms with Crippen LogP contribution in [0.4, 0.5) is 17.5 Å². The third kappa shape index (κ3) is 4.31. The number of rotatable bonds is 7. The van der Waals surface area contributed by atoms with Gasteiger partial charge in [-0.15, -0.1) is 0 Å². The Hall–Kier alpha value is -2.52. The molecule has 1 atom stereocenters. The molecule has 0 bridgehead atoms. The van der Waals surface area contributed by atoms with Crippen molar-refractivity contribution in [2.24, 2.45) is 0 Å². The highest BCUT2D eigenvalue weighted by Gasteiger charge is 2.36. The third-order valence-electron chi connectivity index (χ3n) is 4.48. The van der Waals surface area contributed by atoms with Crippen LogP contribution in [0.15, 0.2) is 22.7 Å². The van der Waals surface area contributed by atoms with Crippen molar-refractivity contribution >= 4 is 45.5 Å². The first-order chi connectivity index (χ1) is 13.4. The maximum Gasteiger partial charge on any atom is 0.238 e. The highest BCUT2D eigenvalue weighted by molar-refractivity contribution is 9.10. The van der Waals surface area contributed by atoms with E-state index < -0.39 is 5.92 Å². The predicted octanol–water partition coefficient (Wildman–Crippen LogP) is 0.398. The molecule has 5 N–H and O–H groups in total. The van der Waals surface area contributed by atoms with Gasteiger partial charge in [0.2, 0.25) is 11.9 Å². The van der Waals surface area contributed by atoms with Gasteiger partial charge in [-0.25, -0.2) is 4.98 Å². The molecule has 1 unspecified atom stereocenters. The van der Waals surface area contributed by atoms with E-state index in [-0.39, 0.29) is 5.91 Å². The molecule has 0 fully saturated rings. The molecule has 0 radical (unpaired) electrons. The monoisotopic (exact) mass is 446 g/mol. The van der Waals surface area contributed by atoms with Crippen LogP contribution >= 0.6 is 15.9 Å². The van der Waals surface area contributed by atoms with Gasteiger partial charge < -0.3 is 21.3 Å². The Kier molecular flexibility index (Phi) is 6.25. The molecule has 1 aliphatic rings. The minimum absolute atomic E-state index is 0.129. The molecule has 1 amide bonds. The van der Waals surface area contributed by atoms with Crippen LogP contribution in [0.5, 0.6) is 0 Å². The van der Waals surface area contributed by atoms with Crippen LogP contribution in [0.1, 0.15) is 29.2 Å². The van der Waals surface area contributed by atoms with Crippen LogP contribution in [-0.4, -0.2) is 61.2 Å². The van der Waals surface area contributed by atoms with Crippen molar-refractivity contribution in [1.82, 2.24) is 14.9 Å². The second kappa shape index (κ2) is 8.66. The topological polar surface area (TPSA) is 110 Å². The molecule has 9 heteroatoms. The smallest absolute Gasteiger partial charge is 0.238 e. The lowest BCUT2D eigenvalue weighted by atomic mass is 9.94. The predicted molar refractivity (Wildman–Crippen MR) is 115 cm³/mol. The zero-order chi connectivity index (χ0) is 20.3. The summed E-state index contributed by atoms with van der Waals surface area (Å²) in [4.78, 5) is 26.9. The molecule has 2 heterocycles. The van der Waals surface area contributed by atoms with Crippen LogP contribution in [-0.2, 0) is 4.79 Å². The van der Waals surface area contributed by atoms with E-state index in [0.29, 0.717) is 29.6 Å². The number of nitrogen functional groups attached to an aromatic ring is 1. The molecule has 2 aromatic rings. The number of nitrogens with one attached hydrogen (secondary N) is 3. The minimum Gasteiger partial charge on any atom is -0.383 e. The van der Waals surface area contributed by atoms with E-state index in [2.05, 4.69) is 46.4 Å². The number of aromatic nitrogens is 2. The molecule has 0 aliphatic carbocycles. The second-order valence-electron chi connectivity index (χ2n) is 6.90. The summed E-state index contributed by atoms with van der Waals surface area (Å²) in [6.07, 6.45) is 2.67. The molecule has 1 aliphatic heterocycles. The minimum atomic E-state index is -0.556. The average molecular weight is 447 g/mol. The summed E-state index contributed by atoms with van der Waals surface area (Å²) in [5, 5.41) is 6.15. The molecule has 1 aromatic carbocycles. The van der Waals surface area contributed by atoms with E-state index in [1.54, 1.807) is 13.3 Å². The first-order valence-electron chi connectivity index (χ1n) is 9.07. The highest BCUT2D eigenvalue weighted by Crippen LogP contribution is 2.39. The quantitative estimate of drug-likeness (QED) is 0.361. The van der Waals surface area contributed by atoms with Crippen LogP contribution in [0, 0.1) is 0 Å². The highest BCUT2D eigenvalue weighted by atomic mass is 79.9. The molecule has 0 spiro atoms. The van der Waals surface area contributed by atoms with E-state index in [9.17, 15) is 4.79 Å². The molecular weight excluding hydrogens is 422 g/mol. The standard InChI is InChI=1S/C19H24BrN7O/c1-22-10-13-16(15-12-9-11(20)5-6-14(12)24-18(15)28)25-19(26-17(13)21)23-7-4-8-27(2)3/h5-6,9-10,15H,4,7-8H2,1-3H3,(H,24,28)(H3,21,23,25,26)/p+1. The number of nitrogens with zero attached hydrogens (tertiary/aromatic N) is 3. The number of anilines is 3. The summed E-state index contributed by atoms with van der Waals surface area (Å²) in [6.45, 7) is 1.67. The van der Waals surface area contributed by atoms with E-state index in [1.807, 2.05) is 32.3 Å². The lowest BCUT2D eigenvalue weighted by Gasteiger charge is -2.15. The number of benzene rings is 1. The number of hydrogen-bond acceptors (Lipinski definition) is 6. The van der Waals surface area contributed by atoms with Crippen molar-refractivity contribution in [3.63, 3.8) is 0 Å². The number of amides is 1. The second-order valence-corrected chi connectivity index (χ2v) is 7.82. The van der Waals surface area contributed by atoms with Gasteiger partial charge in [0.25, 0.3) is 0 Å². The summed E-state index contributed by atoms with van der Waals surface area (Å²) in [6, 6.07) is 5.71. The van der Waals surface area contributed by atoms with Crippen LogP contribution in [0.3, 0.4) is 0 Å². The van der Waals surface area contributed by atoms with E-state index in [0.717, 1.165) is 28.7 Å². The Balaban J connectivity index is 1.99. The number of hydrogen-bond donors (Lipinski definition) is 4. The van der Waals surface area contributed by atoms with Crippen LogP contribution < -0.4 is 21.4 Å². The van der Waals surface area contributed by atoms with Gasteiger partial charge in [-0.2, -0.15) is 4.98 Å². The zero-order valence-corrected chi connectivity index (χ0v) is 17.8. The Bertz CT molecular complexity index is 913. The maximum absolute atomic E-state index is 12.8. The molecule has 0 saturated heterocycles. The summed E-state index contributed by atoms with van der Waals surface area (Å²) < 4.78 is 0.899. The summed E-state index contributed by atoms with van der Waals surface area (Å²) in [7, 11) is 5.84. The number of nitrogens with two attached hydrogens (primary N) is 1. The van der Waals surface area contributed by atoms with Gasteiger partial charge in [-0.05, 0) is 50.8 Å². The fourth-order valence-corrected chi connectivity index (χ4v) is 3.57. The van der Waals surface area contributed by atoms with Crippen LogP contribution in [0.25, 0.3) is 0 Å². The summed E-state index contributed by atoms with van der Waals surface area (Å²) in [5.41, 5.74) is 9.05. The molecule has 1 aromatic heterocycles. The van der Waals surface area contributed by atoms with Crippen molar-refractivity contribution < 1.29 is 9.79 Å². The largest absolute Gasteiger partial charge is 0.383 e. The molecule has 28 heavy (non-hydrogen) atoms.